The van der Waals surface area contributed by atoms with E-state index in [1.54, 1.807) is 13.8 Å². The van der Waals surface area contributed by atoms with Crippen molar-refractivity contribution in [2.24, 2.45) is 0 Å². The topological polar surface area (TPSA) is 83.5 Å². The number of rotatable bonds is 6. The standard InChI is InChI=1S/C10H14ClNO4S2/c1-3-10(4-2,9(13)14)12-18(15,16)8-6-5-7(11)17-8/h5-6,12H,3-4H2,1-2H3,(H,13,14). The van der Waals surface area contributed by atoms with Crippen molar-refractivity contribution in [2.75, 3.05) is 0 Å². The third kappa shape index (κ3) is 3.03. The zero-order chi connectivity index (χ0) is 14.0. The highest BCUT2D eigenvalue weighted by Crippen LogP contribution is 2.27. The lowest BCUT2D eigenvalue weighted by molar-refractivity contribution is -0.144. The van der Waals surface area contributed by atoms with Gasteiger partial charge in [-0.2, -0.15) is 4.72 Å². The van der Waals surface area contributed by atoms with E-state index in [2.05, 4.69) is 4.72 Å². The van der Waals surface area contributed by atoms with Gasteiger partial charge in [-0.05, 0) is 25.0 Å². The first kappa shape index (κ1) is 15.4. The van der Waals surface area contributed by atoms with Crippen molar-refractivity contribution in [3.63, 3.8) is 0 Å². The highest BCUT2D eigenvalue weighted by atomic mass is 35.5. The average Bonchev–Trinajstić information content (AvgIpc) is 2.73. The predicted octanol–water partition coefficient (Wildman–Crippen LogP) is 2.32. The normalized spacial score (nSPS) is 12.6. The summed E-state index contributed by atoms with van der Waals surface area (Å²) in [5, 5.41) is 9.19. The van der Waals surface area contributed by atoms with Crippen LogP contribution >= 0.6 is 22.9 Å². The van der Waals surface area contributed by atoms with E-state index in [0.29, 0.717) is 4.34 Å². The van der Waals surface area contributed by atoms with Gasteiger partial charge in [0.15, 0.2) is 0 Å². The van der Waals surface area contributed by atoms with Crippen LogP contribution in [0.3, 0.4) is 0 Å². The molecule has 0 aliphatic heterocycles. The maximum absolute atomic E-state index is 12.1. The third-order valence-corrected chi connectivity index (χ3v) is 6.02. The molecule has 0 radical (unpaired) electrons. The van der Waals surface area contributed by atoms with Gasteiger partial charge in [-0.1, -0.05) is 25.4 Å². The molecule has 0 aliphatic carbocycles. The zero-order valence-corrected chi connectivity index (χ0v) is 12.3. The Bertz CT molecular complexity index is 534. The van der Waals surface area contributed by atoms with Gasteiger partial charge in [0.05, 0.1) is 4.34 Å². The van der Waals surface area contributed by atoms with E-state index in [0.717, 1.165) is 11.3 Å². The lowest BCUT2D eigenvalue weighted by atomic mass is 9.95. The van der Waals surface area contributed by atoms with Gasteiger partial charge in [0.25, 0.3) is 10.0 Å². The predicted molar refractivity (Wildman–Crippen MR) is 70.6 cm³/mol. The van der Waals surface area contributed by atoms with Crippen molar-refractivity contribution in [3.05, 3.63) is 16.5 Å². The van der Waals surface area contributed by atoms with Gasteiger partial charge in [0, 0.05) is 0 Å². The van der Waals surface area contributed by atoms with Gasteiger partial charge in [-0.25, -0.2) is 8.42 Å². The molecule has 0 saturated carbocycles. The quantitative estimate of drug-likeness (QED) is 0.844. The highest BCUT2D eigenvalue weighted by Gasteiger charge is 2.39. The Morgan fingerprint density at radius 3 is 2.33 bits per heavy atom. The molecular weight excluding hydrogens is 298 g/mol. The highest BCUT2D eigenvalue weighted by molar-refractivity contribution is 7.91. The van der Waals surface area contributed by atoms with E-state index in [-0.39, 0.29) is 17.1 Å². The second kappa shape index (κ2) is 5.56. The molecule has 0 spiro atoms. The summed E-state index contributed by atoms with van der Waals surface area (Å²) < 4.78 is 26.7. The first-order chi connectivity index (χ1) is 8.27. The first-order valence-electron chi connectivity index (χ1n) is 5.30. The Kier molecular flexibility index (Phi) is 4.77. The van der Waals surface area contributed by atoms with Crippen LogP contribution < -0.4 is 4.72 Å². The molecular formula is C10H14ClNO4S2. The summed E-state index contributed by atoms with van der Waals surface area (Å²) in [5.41, 5.74) is -1.48. The minimum Gasteiger partial charge on any atom is -0.480 e. The molecule has 0 unspecified atom stereocenters. The van der Waals surface area contributed by atoms with Crippen molar-refractivity contribution in [1.29, 1.82) is 0 Å². The van der Waals surface area contributed by atoms with Crippen LogP contribution in [0, 0.1) is 0 Å². The summed E-state index contributed by atoms with van der Waals surface area (Å²) in [4.78, 5) is 11.2. The molecule has 0 aliphatic rings. The summed E-state index contributed by atoms with van der Waals surface area (Å²) in [6.45, 7) is 3.25. The lowest BCUT2D eigenvalue weighted by Gasteiger charge is -2.27. The summed E-state index contributed by atoms with van der Waals surface area (Å²) >= 11 is 6.57. The molecule has 0 amide bonds. The van der Waals surface area contributed by atoms with Crippen molar-refractivity contribution < 1.29 is 18.3 Å². The first-order valence-corrected chi connectivity index (χ1v) is 7.98. The fourth-order valence-electron chi connectivity index (χ4n) is 1.49. The van der Waals surface area contributed by atoms with Crippen LogP contribution in [-0.4, -0.2) is 25.0 Å². The number of halogens is 1. The van der Waals surface area contributed by atoms with Gasteiger partial charge in [-0.3, -0.25) is 4.79 Å². The molecule has 8 heteroatoms. The summed E-state index contributed by atoms with van der Waals surface area (Å²) in [7, 11) is -3.86. The maximum Gasteiger partial charge on any atom is 0.324 e. The van der Waals surface area contributed by atoms with Gasteiger partial charge in [0.2, 0.25) is 0 Å². The van der Waals surface area contributed by atoms with Crippen LogP contribution in [0.1, 0.15) is 26.7 Å². The number of carboxylic acid groups (broad SMARTS) is 1. The monoisotopic (exact) mass is 311 g/mol. The van der Waals surface area contributed by atoms with Gasteiger partial charge in [-0.15, -0.1) is 11.3 Å². The molecule has 0 saturated heterocycles. The molecule has 0 aromatic carbocycles. The molecule has 0 atom stereocenters. The number of aliphatic carboxylic acids is 1. The SMILES string of the molecule is CCC(CC)(NS(=O)(=O)c1ccc(Cl)s1)C(=O)O. The van der Waals surface area contributed by atoms with E-state index in [9.17, 15) is 18.3 Å². The molecule has 18 heavy (non-hydrogen) atoms. The molecule has 0 fully saturated rings. The lowest BCUT2D eigenvalue weighted by Crippen LogP contribution is -2.53. The zero-order valence-electron chi connectivity index (χ0n) is 9.94. The summed E-state index contributed by atoms with van der Waals surface area (Å²) in [6, 6.07) is 2.81. The fourth-order valence-corrected chi connectivity index (χ4v) is 4.48. The van der Waals surface area contributed by atoms with E-state index in [1.165, 1.54) is 12.1 Å². The van der Waals surface area contributed by atoms with Crippen molar-refractivity contribution >= 4 is 38.9 Å². The van der Waals surface area contributed by atoms with E-state index >= 15 is 0 Å². The van der Waals surface area contributed by atoms with Crippen LogP contribution in [-0.2, 0) is 14.8 Å². The van der Waals surface area contributed by atoms with E-state index in [1.807, 2.05) is 0 Å². The Morgan fingerprint density at radius 1 is 1.44 bits per heavy atom. The van der Waals surface area contributed by atoms with Crippen LogP contribution in [0.25, 0.3) is 0 Å². The number of sulfonamides is 1. The molecule has 1 aromatic rings. The number of carboxylic acids is 1. The summed E-state index contributed by atoms with van der Waals surface area (Å²) in [5.74, 6) is -1.18. The molecule has 0 bridgehead atoms. The second-order valence-corrected chi connectivity index (χ2v) is 7.38. The van der Waals surface area contributed by atoms with Crippen molar-refractivity contribution in [1.82, 2.24) is 4.72 Å². The summed E-state index contributed by atoms with van der Waals surface area (Å²) in [6.07, 6.45) is 0.328. The smallest absolute Gasteiger partial charge is 0.324 e. The number of hydrogen-bond donors (Lipinski definition) is 2. The number of thiophene rings is 1. The van der Waals surface area contributed by atoms with E-state index < -0.39 is 21.5 Å². The van der Waals surface area contributed by atoms with Gasteiger partial charge in [0.1, 0.15) is 9.75 Å². The molecule has 102 valence electrons. The van der Waals surface area contributed by atoms with Gasteiger partial charge >= 0.3 is 5.97 Å². The number of carbonyl (C=O) groups is 1. The number of hydrogen-bond acceptors (Lipinski definition) is 4. The molecule has 1 aromatic heterocycles. The Balaban J connectivity index is 3.11. The second-order valence-electron chi connectivity index (χ2n) is 3.76. The maximum atomic E-state index is 12.1. The largest absolute Gasteiger partial charge is 0.480 e. The van der Waals surface area contributed by atoms with Crippen molar-refractivity contribution in [2.45, 2.75) is 36.4 Å². The average molecular weight is 312 g/mol. The minimum atomic E-state index is -3.86. The number of nitrogens with one attached hydrogen (secondary N) is 1. The minimum absolute atomic E-state index is 0.0139. The Labute approximate surface area is 115 Å². The Hall–Kier alpha value is -0.630. The van der Waals surface area contributed by atoms with Crippen LogP contribution in [0.4, 0.5) is 0 Å². The molecule has 2 N–H and O–H groups in total. The molecule has 5 nitrogen and oxygen atoms in total. The van der Waals surface area contributed by atoms with Crippen LogP contribution in [0.5, 0.6) is 0 Å². The van der Waals surface area contributed by atoms with Gasteiger partial charge < -0.3 is 5.11 Å². The van der Waals surface area contributed by atoms with E-state index in [4.69, 9.17) is 11.6 Å². The molecule has 1 rings (SSSR count). The Morgan fingerprint density at radius 2 is 2.00 bits per heavy atom. The van der Waals surface area contributed by atoms with Crippen LogP contribution in [0.2, 0.25) is 4.34 Å². The molecule has 1 heterocycles. The fraction of sp³-hybridized carbons (Fsp3) is 0.500. The third-order valence-electron chi connectivity index (χ3n) is 2.76. The van der Waals surface area contributed by atoms with Crippen LogP contribution in [0.15, 0.2) is 16.3 Å². The van der Waals surface area contributed by atoms with Crippen molar-refractivity contribution in [3.8, 4) is 0 Å².